The molecule has 1 aromatic carbocycles. The minimum atomic E-state index is -0.923. The van der Waals surface area contributed by atoms with Crippen molar-refractivity contribution in [3.63, 3.8) is 0 Å². The van der Waals surface area contributed by atoms with Crippen molar-refractivity contribution in [1.29, 1.82) is 0 Å². The summed E-state index contributed by atoms with van der Waals surface area (Å²) in [5.74, 6) is -1.13. The van der Waals surface area contributed by atoms with Crippen molar-refractivity contribution in [2.75, 3.05) is 5.32 Å². The van der Waals surface area contributed by atoms with Crippen molar-refractivity contribution in [3.8, 4) is 0 Å². The lowest BCUT2D eigenvalue weighted by molar-refractivity contribution is -0.136. The van der Waals surface area contributed by atoms with Crippen LogP contribution in [0.1, 0.15) is 15.2 Å². The van der Waals surface area contributed by atoms with Gasteiger partial charge >= 0.3 is 5.97 Å². The molecule has 2 heterocycles. The number of amides is 1. The SMILES string of the molecule is O=C(O)Cc1ccccc1NC(=O)c1cc2sccc2s1. The van der Waals surface area contributed by atoms with E-state index in [0.29, 0.717) is 16.1 Å². The van der Waals surface area contributed by atoms with Crippen molar-refractivity contribution >= 4 is 49.6 Å². The number of fused-ring (bicyclic) bond motifs is 1. The highest BCUT2D eigenvalue weighted by Crippen LogP contribution is 2.30. The van der Waals surface area contributed by atoms with E-state index < -0.39 is 5.97 Å². The molecule has 0 aliphatic rings. The van der Waals surface area contributed by atoms with Gasteiger partial charge in [-0.2, -0.15) is 0 Å². The van der Waals surface area contributed by atoms with Gasteiger partial charge < -0.3 is 10.4 Å². The molecule has 0 spiro atoms. The molecule has 106 valence electrons. The van der Waals surface area contributed by atoms with Gasteiger partial charge in [0.1, 0.15) is 0 Å². The minimum Gasteiger partial charge on any atom is -0.481 e. The summed E-state index contributed by atoms with van der Waals surface area (Å²) in [5, 5.41) is 13.7. The second-order valence-electron chi connectivity index (χ2n) is 4.44. The average molecular weight is 317 g/mol. The van der Waals surface area contributed by atoms with Crippen LogP contribution in [0.5, 0.6) is 0 Å². The first-order valence-electron chi connectivity index (χ1n) is 6.21. The Morgan fingerprint density at radius 2 is 1.95 bits per heavy atom. The summed E-state index contributed by atoms with van der Waals surface area (Å²) in [6, 6.07) is 10.8. The molecule has 21 heavy (non-hydrogen) atoms. The van der Waals surface area contributed by atoms with Crippen LogP contribution in [-0.2, 0) is 11.2 Å². The molecule has 0 saturated heterocycles. The Bertz CT molecular complexity index is 791. The van der Waals surface area contributed by atoms with E-state index >= 15 is 0 Å². The predicted molar refractivity (Wildman–Crippen MR) is 85.4 cm³/mol. The van der Waals surface area contributed by atoms with Crippen LogP contribution < -0.4 is 5.32 Å². The highest BCUT2D eigenvalue weighted by Gasteiger charge is 2.13. The maximum Gasteiger partial charge on any atom is 0.307 e. The second kappa shape index (κ2) is 5.67. The van der Waals surface area contributed by atoms with Crippen LogP contribution in [0.25, 0.3) is 9.40 Å². The van der Waals surface area contributed by atoms with Gasteiger partial charge in [0.25, 0.3) is 5.91 Å². The maximum atomic E-state index is 12.3. The van der Waals surface area contributed by atoms with Crippen molar-refractivity contribution in [1.82, 2.24) is 0 Å². The lowest BCUT2D eigenvalue weighted by atomic mass is 10.1. The van der Waals surface area contributed by atoms with Crippen LogP contribution >= 0.6 is 22.7 Å². The predicted octanol–water partition coefficient (Wildman–Crippen LogP) is 3.84. The Labute approximate surface area is 128 Å². The molecule has 0 fully saturated rings. The fraction of sp³-hybridized carbons (Fsp3) is 0.0667. The molecule has 0 radical (unpaired) electrons. The van der Waals surface area contributed by atoms with E-state index in [1.54, 1.807) is 35.6 Å². The second-order valence-corrected chi connectivity index (χ2v) is 6.47. The molecule has 3 aromatic rings. The molecular weight excluding hydrogens is 306 g/mol. The molecule has 0 bridgehead atoms. The summed E-state index contributed by atoms with van der Waals surface area (Å²) >= 11 is 3.03. The first-order chi connectivity index (χ1) is 10.1. The first-order valence-corrected chi connectivity index (χ1v) is 7.91. The quantitative estimate of drug-likeness (QED) is 0.768. The number of aliphatic carboxylic acids is 1. The fourth-order valence-corrected chi connectivity index (χ4v) is 4.02. The highest BCUT2D eigenvalue weighted by molar-refractivity contribution is 7.27. The number of anilines is 1. The molecule has 0 saturated carbocycles. The van der Waals surface area contributed by atoms with Gasteiger partial charge in [0.05, 0.1) is 11.3 Å². The summed E-state index contributed by atoms with van der Waals surface area (Å²) in [4.78, 5) is 23.8. The van der Waals surface area contributed by atoms with Crippen molar-refractivity contribution < 1.29 is 14.7 Å². The van der Waals surface area contributed by atoms with E-state index in [-0.39, 0.29) is 12.3 Å². The van der Waals surface area contributed by atoms with E-state index in [0.717, 1.165) is 9.40 Å². The lowest BCUT2D eigenvalue weighted by Crippen LogP contribution is -2.13. The summed E-state index contributed by atoms with van der Waals surface area (Å²) in [6.45, 7) is 0. The van der Waals surface area contributed by atoms with E-state index in [1.165, 1.54) is 11.3 Å². The van der Waals surface area contributed by atoms with Crippen LogP contribution in [0.4, 0.5) is 5.69 Å². The molecule has 1 amide bonds. The number of para-hydroxylation sites is 1. The molecule has 0 aliphatic carbocycles. The summed E-state index contributed by atoms with van der Waals surface area (Å²) < 4.78 is 2.17. The smallest absolute Gasteiger partial charge is 0.307 e. The van der Waals surface area contributed by atoms with Gasteiger partial charge in [-0.15, -0.1) is 22.7 Å². The number of benzene rings is 1. The monoisotopic (exact) mass is 317 g/mol. The van der Waals surface area contributed by atoms with E-state index in [2.05, 4.69) is 5.32 Å². The normalized spacial score (nSPS) is 10.7. The average Bonchev–Trinajstić information content (AvgIpc) is 3.01. The molecule has 0 aliphatic heterocycles. The van der Waals surface area contributed by atoms with Crippen LogP contribution in [0.3, 0.4) is 0 Å². The summed E-state index contributed by atoms with van der Waals surface area (Å²) in [6.07, 6.45) is -0.115. The molecule has 0 atom stereocenters. The molecule has 3 rings (SSSR count). The molecule has 2 aromatic heterocycles. The largest absolute Gasteiger partial charge is 0.481 e. The number of hydrogen-bond donors (Lipinski definition) is 2. The topological polar surface area (TPSA) is 66.4 Å². The van der Waals surface area contributed by atoms with Gasteiger partial charge in [0, 0.05) is 15.1 Å². The number of hydrogen-bond acceptors (Lipinski definition) is 4. The standard InChI is InChI=1S/C15H11NO3S2/c17-14(18)7-9-3-1-2-4-10(9)16-15(19)13-8-12-11(21-13)5-6-20-12/h1-6,8H,7H2,(H,16,19)(H,17,18). The third-order valence-electron chi connectivity index (χ3n) is 2.97. The Hall–Kier alpha value is -2.18. The summed E-state index contributed by atoms with van der Waals surface area (Å²) in [5.41, 5.74) is 1.14. The Kier molecular flexibility index (Phi) is 3.72. The van der Waals surface area contributed by atoms with Gasteiger partial charge in [-0.3, -0.25) is 9.59 Å². The molecular formula is C15H11NO3S2. The van der Waals surface area contributed by atoms with Crippen molar-refractivity contribution in [2.24, 2.45) is 0 Å². The molecule has 2 N–H and O–H groups in total. The zero-order chi connectivity index (χ0) is 14.8. The van der Waals surface area contributed by atoms with Crippen molar-refractivity contribution in [3.05, 3.63) is 52.2 Å². The number of carboxylic acid groups (broad SMARTS) is 1. The van der Waals surface area contributed by atoms with Crippen LogP contribution in [0.15, 0.2) is 41.8 Å². The highest BCUT2D eigenvalue weighted by atomic mass is 32.1. The van der Waals surface area contributed by atoms with Crippen LogP contribution in [-0.4, -0.2) is 17.0 Å². The first kappa shape index (κ1) is 13.8. The lowest BCUT2D eigenvalue weighted by Gasteiger charge is -2.08. The van der Waals surface area contributed by atoms with Crippen molar-refractivity contribution in [2.45, 2.75) is 6.42 Å². The summed E-state index contributed by atoms with van der Waals surface area (Å²) in [7, 11) is 0. The number of nitrogens with one attached hydrogen (secondary N) is 1. The number of carbonyl (C=O) groups excluding carboxylic acids is 1. The molecule has 6 heteroatoms. The Morgan fingerprint density at radius 3 is 2.71 bits per heavy atom. The number of rotatable bonds is 4. The van der Waals surface area contributed by atoms with Gasteiger partial charge in [0.15, 0.2) is 0 Å². The van der Waals surface area contributed by atoms with E-state index in [4.69, 9.17) is 5.11 Å². The molecule has 4 nitrogen and oxygen atoms in total. The van der Waals surface area contributed by atoms with Crippen LogP contribution in [0.2, 0.25) is 0 Å². The van der Waals surface area contributed by atoms with E-state index in [9.17, 15) is 9.59 Å². The third kappa shape index (κ3) is 2.96. The van der Waals surface area contributed by atoms with Gasteiger partial charge in [0.2, 0.25) is 0 Å². The zero-order valence-electron chi connectivity index (χ0n) is 10.8. The van der Waals surface area contributed by atoms with Gasteiger partial charge in [-0.05, 0) is 29.1 Å². The van der Waals surface area contributed by atoms with E-state index in [1.807, 2.05) is 17.5 Å². The fourth-order valence-electron chi connectivity index (χ4n) is 2.02. The number of carboxylic acids is 1. The van der Waals surface area contributed by atoms with Gasteiger partial charge in [-0.1, -0.05) is 18.2 Å². The third-order valence-corrected chi connectivity index (χ3v) is 5.06. The van der Waals surface area contributed by atoms with Gasteiger partial charge in [-0.25, -0.2) is 0 Å². The zero-order valence-corrected chi connectivity index (χ0v) is 12.5. The maximum absolute atomic E-state index is 12.3. The Morgan fingerprint density at radius 1 is 1.14 bits per heavy atom. The Balaban J connectivity index is 1.84. The van der Waals surface area contributed by atoms with Crippen LogP contribution in [0, 0.1) is 0 Å². The minimum absolute atomic E-state index is 0.115. The number of thiophene rings is 2. The number of carbonyl (C=O) groups is 2. The molecule has 0 unspecified atom stereocenters.